The Kier molecular flexibility index (Phi) is 4.27. The van der Waals surface area contributed by atoms with Gasteiger partial charge in [0.05, 0.1) is 30.1 Å². The summed E-state index contributed by atoms with van der Waals surface area (Å²) in [4.78, 5) is 29.4. The zero-order chi connectivity index (χ0) is 18.1. The van der Waals surface area contributed by atoms with Crippen molar-refractivity contribution in [2.75, 3.05) is 6.54 Å². The van der Waals surface area contributed by atoms with Crippen molar-refractivity contribution in [3.63, 3.8) is 0 Å². The van der Waals surface area contributed by atoms with Crippen LogP contribution in [0.2, 0.25) is 0 Å². The Labute approximate surface area is 153 Å². The number of hydrogen-bond donors (Lipinski definition) is 1. The molecule has 1 saturated carbocycles. The van der Waals surface area contributed by atoms with E-state index in [0.717, 1.165) is 18.4 Å². The van der Waals surface area contributed by atoms with E-state index in [1.54, 1.807) is 17.5 Å². The van der Waals surface area contributed by atoms with E-state index in [4.69, 9.17) is 0 Å². The SMILES string of the molecule is N#Cc1ccccc1Cn1cnc2c(C(=O)NCC3CC3)csc2c1=O. The molecule has 4 rings (SSSR count). The predicted octanol–water partition coefficient (Wildman–Crippen LogP) is 2.52. The molecule has 26 heavy (non-hydrogen) atoms. The van der Waals surface area contributed by atoms with Crippen LogP contribution >= 0.6 is 11.3 Å². The van der Waals surface area contributed by atoms with Crippen LogP contribution in [0.1, 0.15) is 34.3 Å². The molecular weight excluding hydrogens is 348 g/mol. The third-order valence-electron chi connectivity index (χ3n) is 4.52. The predicted molar refractivity (Wildman–Crippen MR) is 99.2 cm³/mol. The maximum Gasteiger partial charge on any atom is 0.271 e. The molecule has 3 aromatic rings. The molecule has 6 nitrogen and oxygen atoms in total. The topological polar surface area (TPSA) is 87.8 Å². The Balaban J connectivity index is 1.64. The molecule has 0 unspecified atom stereocenters. The average Bonchev–Trinajstić information content (AvgIpc) is 3.39. The summed E-state index contributed by atoms with van der Waals surface area (Å²) in [7, 11) is 0. The zero-order valence-corrected chi connectivity index (χ0v) is 14.8. The molecule has 0 saturated heterocycles. The lowest BCUT2D eigenvalue weighted by Gasteiger charge is -2.07. The number of carbonyl (C=O) groups excluding carboxylic acids is 1. The second kappa shape index (κ2) is 6.73. The minimum absolute atomic E-state index is 0.178. The second-order valence-corrected chi connectivity index (χ2v) is 7.31. The third-order valence-corrected chi connectivity index (χ3v) is 5.47. The van der Waals surface area contributed by atoms with Gasteiger partial charge in [0.25, 0.3) is 11.5 Å². The summed E-state index contributed by atoms with van der Waals surface area (Å²) < 4.78 is 1.93. The number of fused-ring (bicyclic) bond motifs is 1. The number of benzene rings is 1. The first-order valence-electron chi connectivity index (χ1n) is 8.40. The molecule has 0 radical (unpaired) electrons. The monoisotopic (exact) mass is 364 g/mol. The van der Waals surface area contributed by atoms with Gasteiger partial charge in [-0.2, -0.15) is 5.26 Å². The highest BCUT2D eigenvalue weighted by molar-refractivity contribution is 7.17. The van der Waals surface area contributed by atoms with Crippen LogP contribution in [0.3, 0.4) is 0 Å². The smallest absolute Gasteiger partial charge is 0.271 e. The molecule has 2 aromatic heterocycles. The molecule has 1 aliphatic carbocycles. The van der Waals surface area contributed by atoms with E-state index in [1.165, 1.54) is 22.2 Å². The highest BCUT2D eigenvalue weighted by atomic mass is 32.1. The third kappa shape index (κ3) is 3.11. The highest BCUT2D eigenvalue weighted by Gasteiger charge is 2.23. The normalized spacial score (nSPS) is 13.5. The molecule has 1 N–H and O–H groups in total. The van der Waals surface area contributed by atoms with E-state index in [-0.39, 0.29) is 18.0 Å². The van der Waals surface area contributed by atoms with Crippen LogP contribution in [-0.4, -0.2) is 22.0 Å². The Bertz CT molecular complexity index is 1090. The van der Waals surface area contributed by atoms with Crippen LogP contribution in [0.4, 0.5) is 0 Å². The number of nitrogens with one attached hydrogen (secondary N) is 1. The first-order chi connectivity index (χ1) is 12.7. The fourth-order valence-electron chi connectivity index (χ4n) is 2.82. The number of amides is 1. The second-order valence-electron chi connectivity index (χ2n) is 6.43. The lowest BCUT2D eigenvalue weighted by Crippen LogP contribution is -2.26. The van der Waals surface area contributed by atoms with Gasteiger partial charge in [-0.15, -0.1) is 11.3 Å². The maximum absolute atomic E-state index is 12.8. The van der Waals surface area contributed by atoms with Crippen molar-refractivity contribution in [1.82, 2.24) is 14.9 Å². The molecule has 1 aromatic carbocycles. The fourth-order valence-corrected chi connectivity index (χ4v) is 3.77. The van der Waals surface area contributed by atoms with Crippen molar-refractivity contribution in [2.45, 2.75) is 19.4 Å². The van der Waals surface area contributed by atoms with Crippen LogP contribution in [0.25, 0.3) is 10.2 Å². The Morgan fingerprint density at radius 2 is 2.19 bits per heavy atom. The standard InChI is InChI=1S/C19H16N4O2S/c20-7-13-3-1-2-4-14(13)9-23-11-22-16-15(10-26-17(16)19(23)25)18(24)21-8-12-5-6-12/h1-4,10-12H,5-6,8-9H2,(H,21,24). The van der Waals surface area contributed by atoms with Crippen LogP contribution in [-0.2, 0) is 6.54 Å². The van der Waals surface area contributed by atoms with Gasteiger partial charge in [0.1, 0.15) is 10.2 Å². The molecule has 0 spiro atoms. The van der Waals surface area contributed by atoms with Crippen LogP contribution in [0.5, 0.6) is 0 Å². The lowest BCUT2D eigenvalue weighted by molar-refractivity contribution is 0.0953. The molecule has 0 atom stereocenters. The number of carbonyl (C=O) groups is 1. The molecule has 130 valence electrons. The van der Waals surface area contributed by atoms with E-state index in [1.807, 2.05) is 12.1 Å². The number of nitrogens with zero attached hydrogens (tertiary/aromatic N) is 3. The van der Waals surface area contributed by atoms with Crippen molar-refractivity contribution in [1.29, 1.82) is 5.26 Å². The quantitative estimate of drug-likeness (QED) is 0.753. The van der Waals surface area contributed by atoms with Crippen molar-refractivity contribution in [3.8, 4) is 6.07 Å². The number of hydrogen-bond acceptors (Lipinski definition) is 5. The summed E-state index contributed by atoms with van der Waals surface area (Å²) in [6.07, 6.45) is 3.78. The van der Waals surface area contributed by atoms with Crippen molar-refractivity contribution in [3.05, 3.63) is 63.0 Å². The van der Waals surface area contributed by atoms with E-state index in [2.05, 4.69) is 16.4 Å². The van der Waals surface area contributed by atoms with E-state index in [9.17, 15) is 14.9 Å². The fraction of sp³-hybridized carbons (Fsp3) is 0.263. The van der Waals surface area contributed by atoms with Gasteiger partial charge in [-0.1, -0.05) is 18.2 Å². The summed E-state index contributed by atoms with van der Waals surface area (Å²) in [5.74, 6) is 0.414. The van der Waals surface area contributed by atoms with Gasteiger partial charge in [0, 0.05) is 11.9 Å². The number of thiophene rings is 1. The minimum Gasteiger partial charge on any atom is -0.352 e. The van der Waals surface area contributed by atoms with Crippen molar-refractivity contribution in [2.24, 2.45) is 5.92 Å². The van der Waals surface area contributed by atoms with Gasteiger partial charge < -0.3 is 5.32 Å². The highest BCUT2D eigenvalue weighted by Crippen LogP contribution is 2.28. The number of aromatic nitrogens is 2. The first-order valence-corrected chi connectivity index (χ1v) is 9.28. The molecular formula is C19H16N4O2S. The summed E-state index contributed by atoms with van der Waals surface area (Å²) in [5, 5.41) is 13.8. The van der Waals surface area contributed by atoms with E-state index >= 15 is 0 Å². The summed E-state index contributed by atoms with van der Waals surface area (Å²) >= 11 is 1.23. The molecule has 1 amide bonds. The number of nitriles is 1. The van der Waals surface area contributed by atoms with Gasteiger partial charge in [0.2, 0.25) is 0 Å². The summed E-state index contributed by atoms with van der Waals surface area (Å²) in [6, 6.07) is 9.30. The molecule has 0 bridgehead atoms. The molecule has 1 aliphatic rings. The molecule has 7 heteroatoms. The largest absolute Gasteiger partial charge is 0.352 e. The summed E-state index contributed by atoms with van der Waals surface area (Å²) in [5.41, 5.74) is 1.99. The lowest BCUT2D eigenvalue weighted by atomic mass is 10.1. The van der Waals surface area contributed by atoms with E-state index in [0.29, 0.717) is 33.8 Å². The van der Waals surface area contributed by atoms with Crippen molar-refractivity contribution >= 4 is 27.5 Å². The van der Waals surface area contributed by atoms with Crippen LogP contribution in [0.15, 0.2) is 40.8 Å². The zero-order valence-electron chi connectivity index (χ0n) is 13.9. The van der Waals surface area contributed by atoms with E-state index < -0.39 is 0 Å². The Morgan fingerprint density at radius 1 is 1.38 bits per heavy atom. The number of rotatable bonds is 5. The average molecular weight is 364 g/mol. The van der Waals surface area contributed by atoms with Gasteiger partial charge in [-0.05, 0) is 30.4 Å². The van der Waals surface area contributed by atoms with Gasteiger partial charge in [-0.3, -0.25) is 14.2 Å². The Hall–Kier alpha value is -2.98. The minimum atomic E-state index is -0.200. The Morgan fingerprint density at radius 3 is 2.96 bits per heavy atom. The van der Waals surface area contributed by atoms with Crippen molar-refractivity contribution < 1.29 is 4.79 Å². The molecule has 1 fully saturated rings. The maximum atomic E-state index is 12.8. The van der Waals surface area contributed by atoms with Gasteiger partial charge in [0.15, 0.2) is 0 Å². The van der Waals surface area contributed by atoms with Crippen LogP contribution < -0.4 is 10.9 Å². The molecule has 0 aliphatic heterocycles. The van der Waals surface area contributed by atoms with Gasteiger partial charge >= 0.3 is 0 Å². The van der Waals surface area contributed by atoms with Crippen LogP contribution in [0, 0.1) is 17.2 Å². The first kappa shape index (κ1) is 16.5. The summed E-state index contributed by atoms with van der Waals surface area (Å²) in [6.45, 7) is 0.949. The molecule has 2 heterocycles. The van der Waals surface area contributed by atoms with Gasteiger partial charge in [-0.25, -0.2) is 4.98 Å².